The summed E-state index contributed by atoms with van der Waals surface area (Å²) >= 11 is 0. The molecule has 5 nitrogen and oxygen atoms in total. The summed E-state index contributed by atoms with van der Waals surface area (Å²) in [4.78, 5) is 22.3. The molecule has 3 aromatic rings. The van der Waals surface area contributed by atoms with Gasteiger partial charge in [-0.15, -0.1) is 0 Å². The quantitative estimate of drug-likeness (QED) is 0.704. The second-order valence-electron chi connectivity index (χ2n) is 7.99. The summed E-state index contributed by atoms with van der Waals surface area (Å²) in [5.41, 5.74) is 4.56. The molecular formula is C22H24N4O. The molecule has 1 saturated heterocycles. The number of carbonyl (C=O) groups excluding carboxylic acids is 1. The molecule has 1 amide bonds. The van der Waals surface area contributed by atoms with Crippen molar-refractivity contribution in [2.45, 2.75) is 38.4 Å². The Balaban J connectivity index is 1.48. The lowest BCUT2D eigenvalue weighted by atomic mass is 9.81. The van der Waals surface area contributed by atoms with Crippen molar-refractivity contribution >= 4 is 22.6 Å². The number of aromatic nitrogens is 2. The average Bonchev–Trinajstić information content (AvgIpc) is 3.25. The largest absolute Gasteiger partial charge is 0.353 e. The lowest BCUT2D eigenvalue weighted by molar-refractivity contribution is -0.132. The number of nitrogens with zero attached hydrogens (tertiary/aromatic N) is 4. The highest BCUT2D eigenvalue weighted by atomic mass is 16.2. The molecule has 0 spiro atoms. The minimum atomic E-state index is -0.00689. The average molecular weight is 360 g/mol. The molecule has 0 saturated carbocycles. The molecule has 2 unspecified atom stereocenters. The SMILES string of the molecule is Cc1nc2ccccc2n1CC(=O)N1CCC2(C)c3ccccc3N(C)C12. The molecule has 0 radical (unpaired) electrons. The highest BCUT2D eigenvalue weighted by molar-refractivity contribution is 5.83. The molecular weight excluding hydrogens is 336 g/mol. The van der Waals surface area contributed by atoms with E-state index in [0.717, 1.165) is 29.8 Å². The summed E-state index contributed by atoms with van der Waals surface area (Å²) in [7, 11) is 2.11. The van der Waals surface area contributed by atoms with E-state index in [1.807, 2.05) is 35.8 Å². The lowest BCUT2D eigenvalue weighted by Gasteiger charge is -2.34. The topological polar surface area (TPSA) is 41.4 Å². The number of anilines is 1. The minimum Gasteiger partial charge on any atom is -0.353 e. The van der Waals surface area contributed by atoms with Crippen molar-refractivity contribution in [3.05, 3.63) is 59.9 Å². The molecule has 5 rings (SSSR count). The number of imidazole rings is 1. The van der Waals surface area contributed by atoms with Crippen molar-refractivity contribution in [3.8, 4) is 0 Å². The zero-order chi connectivity index (χ0) is 18.8. The Hall–Kier alpha value is -2.82. The molecule has 5 heteroatoms. The van der Waals surface area contributed by atoms with Crippen LogP contribution in [0.15, 0.2) is 48.5 Å². The molecule has 138 valence electrons. The van der Waals surface area contributed by atoms with Crippen LogP contribution in [0.2, 0.25) is 0 Å². The number of hydrogen-bond donors (Lipinski definition) is 0. The van der Waals surface area contributed by atoms with Gasteiger partial charge in [-0.05, 0) is 37.1 Å². The number of hydrogen-bond acceptors (Lipinski definition) is 3. The minimum absolute atomic E-state index is 0.00689. The molecule has 1 aromatic heterocycles. The lowest BCUT2D eigenvalue weighted by Crippen LogP contribution is -2.50. The van der Waals surface area contributed by atoms with Gasteiger partial charge in [0.05, 0.1) is 11.0 Å². The third-order valence-corrected chi connectivity index (χ3v) is 6.46. The van der Waals surface area contributed by atoms with Gasteiger partial charge in [-0.3, -0.25) is 4.79 Å². The number of likely N-dealkylation sites (N-methyl/N-ethyl adjacent to an activating group) is 1. The molecule has 2 aliphatic heterocycles. The molecule has 0 N–H and O–H groups in total. The first-order valence-electron chi connectivity index (χ1n) is 9.54. The van der Waals surface area contributed by atoms with Gasteiger partial charge in [0.25, 0.3) is 0 Å². The van der Waals surface area contributed by atoms with Gasteiger partial charge < -0.3 is 14.4 Å². The van der Waals surface area contributed by atoms with Crippen molar-refractivity contribution in [2.24, 2.45) is 0 Å². The maximum Gasteiger partial charge on any atom is 0.244 e. The Morgan fingerprint density at radius 3 is 2.78 bits per heavy atom. The van der Waals surface area contributed by atoms with Crippen LogP contribution in [-0.2, 0) is 16.8 Å². The Kier molecular flexibility index (Phi) is 3.39. The Labute approximate surface area is 159 Å². The normalized spacial score (nSPS) is 23.7. The Morgan fingerprint density at radius 2 is 1.93 bits per heavy atom. The number of amides is 1. The monoisotopic (exact) mass is 360 g/mol. The van der Waals surface area contributed by atoms with Gasteiger partial charge in [0.15, 0.2) is 0 Å². The summed E-state index contributed by atoms with van der Waals surface area (Å²) in [5, 5.41) is 0. The van der Waals surface area contributed by atoms with E-state index in [-0.39, 0.29) is 17.5 Å². The molecule has 27 heavy (non-hydrogen) atoms. The van der Waals surface area contributed by atoms with E-state index >= 15 is 0 Å². The molecule has 2 aliphatic rings. The van der Waals surface area contributed by atoms with Crippen molar-refractivity contribution in [3.63, 3.8) is 0 Å². The first-order valence-corrected chi connectivity index (χ1v) is 9.54. The van der Waals surface area contributed by atoms with Crippen LogP contribution in [0.25, 0.3) is 11.0 Å². The number of likely N-dealkylation sites (tertiary alicyclic amines) is 1. The number of aryl methyl sites for hydroxylation is 1. The summed E-state index contributed by atoms with van der Waals surface area (Å²) in [6.45, 7) is 5.40. The van der Waals surface area contributed by atoms with Gasteiger partial charge in [0.1, 0.15) is 18.5 Å². The second-order valence-corrected chi connectivity index (χ2v) is 7.99. The van der Waals surface area contributed by atoms with E-state index < -0.39 is 0 Å². The van der Waals surface area contributed by atoms with Crippen LogP contribution in [0.1, 0.15) is 24.7 Å². The van der Waals surface area contributed by atoms with Crippen LogP contribution < -0.4 is 4.90 Å². The van der Waals surface area contributed by atoms with Crippen molar-refractivity contribution in [1.29, 1.82) is 0 Å². The van der Waals surface area contributed by atoms with E-state index in [2.05, 4.69) is 53.0 Å². The third-order valence-electron chi connectivity index (χ3n) is 6.46. The number of benzene rings is 2. The molecule has 1 fully saturated rings. The summed E-state index contributed by atoms with van der Waals surface area (Å²) < 4.78 is 2.04. The predicted octanol–water partition coefficient (Wildman–Crippen LogP) is 3.31. The Morgan fingerprint density at radius 1 is 1.19 bits per heavy atom. The van der Waals surface area contributed by atoms with E-state index in [9.17, 15) is 4.79 Å². The molecule has 2 aromatic carbocycles. The number of carbonyl (C=O) groups is 1. The molecule has 0 aliphatic carbocycles. The number of rotatable bonds is 2. The highest BCUT2D eigenvalue weighted by Crippen LogP contribution is 2.51. The van der Waals surface area contributed by atoms with E-state index in [1.165, 1.54) is 11.3 Å². The maximum atomic E-state index is 13.3. The smallest absolute Gasteiger partial charge is 0.244 e. The van der Waals surface area contributed by atoms with Gasteiger partial charge in [-0.25, -0.2) is 4.98 Å². The van der Waals surface area contributed by atoms with Crippen molar-refractivity contribution in [1.82, 2.24) is 14.5 Å². The van der Waals surface area contributed by atoms with Crippen LogP contribution in [0, 0.1) is 6.92 Å². The summed E-state index contributed by atoms with van der Waals surface area (Å²) in [6.07, 6.45) is 1.08. The van der Waals surface area contributed by atoms with Crippen LogP contribution in [-0.4, -0.2) is 40.1 Å². The Bertz CT molecular complexity index is 1060. The summed E-state index contributed by atoms with van der Waals surface area (Å²) in [6, 6.07) is 16.6. The van der Waals surface area contributed by atoms with Crippen LogP contribution in [0.5, 0.6) is 0 Å². The van der Waals surface area contributed by atoms with Crippen LogP contribution in [0.4, 0.5) is 5.69 Å². The van der Waals surface area contributed by atoms with Gasteiger partial charge in [-0.2, -0.15) is 0 Å². The van der Waals surface area contributed by atoms with E-state index in [0.29, 0.717) is 6.54 Å². The summed E-state index contributed by atoms with van der Waals surface area (Å²) in [5.74, 6) is 1.05. The zero-order valence-corrected chi connectivity index (χ0v) is 16.0. The zero-order valence-electron chi connectivity index (χ0n) is 16.0. The molecule has 2 atom stereocenters. The third kappa shape index (κ3) is 2.17. The fourth-order valence-electron chi connectivity index (χ4n) is 5.14. The standard InChI is InChI=1S/C22H24N4O/c1-15-23-17-9-5-7-11-19(17)26(15)14-20(27)25-13-12-22(2)16-8-4-6-10-18(16)24(3)21(22)25/h4-11,21H,12-14H2,1-3H3. The number of fused-ring (bicyclic) bond motifs is 4. The maximum absolute atomic E-state index is 13.3. The van der Waals surface area contributed by atoms with Crippen molar-refractivity contribution < 1.29 is 4.79 Å². The molecule has 0 bridgehead atoms. The first kappa shape index (κ1) is 16.4. The van der Waals surface area contributed by atoms with Gasteiger partial charge >= 0.3 is 0 Å². The molecule has 3 heterocycles. The predicted molar refractivity (Wildman–Crippen MR) is 107 cm³/mol. The van der Waals surface area contributed by atoms with Crippen LogP contribution >= 0.6 is 0 Å². The first-order chi connectivity index (χ1) is 13.0. The van der Waals surface area contributed by atoms with Crippen molar-refractivity contribution in [2.75, 3.05) is 18.5 Å². The van der Waals surface area contributed by atoms with E-state index in [4.69, 9.17) is 0 Å². The fraction of sp³-hybridized carbons (Fsp3) is 0.364. The highest BCUT2D eigenvalue weighted by Gasteiger charge is 2.54. The van der Waals surface area contributed by atoms with Gasteiger partial charge in [0.2, 0.25) is 5.91 Å². The fourth-order valence-corrected chi connectivity index (χ4v) is 5.14. The van der Waals surface area contributed by atoms with Crippen LogP contribution in [0.3, 0.4) is 0 Å². The second kappa shape index (κ2) is 5.59. The van der Waals surface area contributed by atoms with Gasteiger partial charge in [0, 0.05) is 24.7 Å². The number of para-hydroxylation sites is 3. The van der Waals surface area contributed by atoms with E-state index in [1.54, 1.807) is 0 Å². The van der Waals surface area contributed by atoms with Gasteiger partial charge in [-0.1, -0.05) is 37.3 Å².